The van der Waals surface area contributed by atoms with Crippen molar-refractivity contribution in [1.82, 2.24) is 4.90 Å². The molecule has 0 spiro atoms. The highest BCUT2D eigenvalue weighted by molar-refractivity contribution is 6.02. The molecule has 2 heterocycles. The summed E-state index contributed by atoms with van der Waals surface area (Å²) < 4.78 is 29.5. The van der Waals surface area contributed by atoms with Gasteiger partial charge in [0.2, 0.25) is 5.91 Å². The first-order chi connectivity index (χ1) is 16.0. The molecule has 0 saturated carbocycles. The second kappa shape index (κ2) is 10.4. The molecule has 0 atom stereocenters. The molecule has 2 aromatic carbocycles. The summed E-state index contributed by atoms with van der Waals surface area (Å²) in [5, 5.41) is 0. The van der Waals surface area contributed by atoms with Crippen LogP contribution in [0.2, 0.25) is 0 Å². The minimum atomic E-state index is -0.452. The Morgan fingerprint density at radius 2 is 1.91 bits per heavy atom. The molecule has 8 nitrogen and oxygen atoms in total. The molecule has 0 unspecified atom stereocenters. The van der Waals surface area contributed by atoms with Crippen molar-refractivity contribution in [3.63, 3.8) is 0 Å². The van der Waals surface area contributed by atoms with Gasteiger partial charge in [0.25, 0.3) is 5.91 Å². The first-order valence-electron chi connectivity index (χ1n) is 10.9. The lowest BCUT2D eigenvalue weighted by molar-refractivity contribution is -0.135. The Balaban J connectivity index is 1.39. The number of anilines is 1. The fraction of sp³-hybridized carbons (Fsp3) is 0.375. The quantitative estimate of drug-likeness (QED) is 0.568. The Bertz CT molecular complexity index is 1040. The first-order valence-corrected chi connectivity index (χ1v) is 10.9. The minimum absolute atomic E-state index is 0.0395. The molecular formula is C24H25FN2O6. The summed E-state index contributed by atoms with van der Waals surface area (Å²) >= 11 is 0. The van der Waals surface area contributed by atoms with E-state index in [1.165, 1.54) is 18.2 Å². The van der Waals surface area contributed by atoms with Crippen LogP contribution in [0.15, 0.2) is 42.5 Å². The van der Waals surface area contributed by atoms with Gasteiger partial charge in [-0.05, 0) is 36.8 Å². The van der Waals surface area contributed by atoms with Crippen LogP contribution in [-0.2, 0) is 14.3 Å². The van der Waals surface area contributed by atoms with Crippen LogP contribution in [0.5, 0.6) is 11.5 Å². The monoisotopic (exact) mass is 456 g/mol. The van der Waals surface area contributed by atoms with Gasteiger partial charge in [0.1, 0.15) is 17.3 Å². The van der Waals surface area contributed by atoms with Gasteiger partial charge >= 0.3 is 0 Å². The summed E-state index contributed by atoms with van der Waals surface area (Å²) in [7, 11) is 0. The third kappa shape index (κ3) is 5.67. The Labute approximate surface area is 190 Å². The molecule has 2 aromatic rings. The van der Waals surface area contributed by atoms with Gasteiger partial charge in [0.15, 0.2) is 19.0 Å². The van der Waals surface area contributed by atoms with E-state index in [9.17, 15) is 18.8 Å². The summed E-state index contributed by atoms with van der Waals surface area (Å²) in [6, 6.07) is 10.4. The third-order valence-electron chi connectivity index (χ3n) is 5.53. The topological polar surface area (TPSA) is 85.4 Å². The summed E-state index contributed by atoms with van der Waals surface area (Å²) in [6.07, 6.45) is 0.808. The second-order valence-electron chi connectivity index (χ2n) is 7.78. The van der Waals surface area contributed by atoms with E-state index >= 15 is 0 Å². The number of carbonyl (C=O) groups excluding carboxylic acids is 3. The number of halogens is 1. The largest absolute Gasteiger partial charge is 0.485 e. The molecule has 174 valence electrons. The SMILES string of the molecule is O=C(COc1cccc(F)c1)c1ccc2c(c1)N(CCCC(=O)N1CCOCC1)C(=O)CO2. The lowest BCUT2D eigenvalue weighted by Crippen LogP contribution is -2.42. The van der Waals surface area contributed by atoms with Gasteiger partial charge < -0.3 is 24.0 Å². The highest BCUT2D eigenvalue weighted by Crippen LogP contribution is 2.33. The molecule has 0 N–H and O–H groups in total. The zero-order valence-corrected chi connectivity index (χ0v) is 18.1. The van der Waals surface area contributed by atoms with E-state index in [1.807, 2.05) is 0 Å². The van der Waals surface area contributed by atoms with Crippen molar-refractivity contribution in [2.75, 3.05) is 51.0 Å². The first kappa shape index (κ1) is 22.7. The summed E-state index contributed by atoms with van der Waals surface area (Å²) in [5.41, 5.74) is 0.833. The number of rotatable bonds is 8. The average Bonchev–Trinajstić information content (AvgIpc) is 2.84. The van der Waals surface area contributed by atoms with Crippen LogP contribution in [0.3, 0.4) is 0 Å². The summed E-state index contributed by atoms with van der Waals surface area (Å²) in [4.78, 5) is 40.8. The van der Waals surface area contributed by atoms with Gasteiger partial charge in [-0.2, -0.15) is 0 Å². The van der Waals surface area contributed by atoms with Gasteiger partial charge in [-0.3, -0.25) is 14.4 Å². The maximum absolute atomic E-state index is 13.3. The third-order valence-corrected chi connectivity index (χ3v) is 5.53. The van der Waals surface area contributed by atoms with Crippen LogP contribution in [0.1, 0.15) is 23.2 Å². The van der Waals surface area contributed by atoms with Crippen LogP contribution in [0.25, 0.3) is 0 Å². The lowest BCUT2D eigenvalue weighted by atomic mass is 10.1. The molecule has 1 saturated heterocycles. The number of nitrogens with zero attached hydrogens (tertiary/aromatic N) is 2. The number of morpholine rings is 1. The smallest absolute Gasteiger partial charge is 0.265 e. The predicted octanol–water partition coefficient (Wildman–Crippen LogP) is 2.45. The molecule has 9 heteroatoms. The van der Waals surface area contributed by atoms with Crippen LogP contribution >= 0.6 is 0 Å². The van der Waals surface area contributed by atoms with Crippen molar-refractivity contribution in [2.45, 2.75) is 12.8 Å². The van der Waals surface area contributed by atoms with E-state index in [1.54, 1.807) is 34.1 Å². The number of carbonyl (C=O) groups is 3. The van der Waals surface area contributed by atoms with Gasteiger partial charge in [0.05, 0.1) is 18.9 Å². The van der Waals surface area contributed by atoms with Crippen molar-refractivity contribution in [3.8, 4) is 11.5 Å². The van der Waals surface area contributed by atoms with Crippen molar-refractivity contribution >= 4 is 23.3 Å². The Hall–Kier alpha value is -3.46. The van der Waals surface area contributed by atoms with Crippen molar-refractivity contribution in [1.29, 1.82) is 0 Å². The molecule has 2 aliphatic rings. The molecule has 0 radical (unpaired) electrons. The molecule has 4 rings (SSSR count). The Morgan fingerprint density at radius 3 is 2.70 bits per heavy atom. The molecule has 33 heavy (non-hydrogen) atoms. The normalized spacial score (nSPS) is 15.6. The van der Waals surface area contributed by atoms with Crippen molar-refractivity contribution in [3.05, 3.63) is 53.8 Å². The van der Waals surface area contributed by atoms with E-state index in [0.29, 0.717) is 62.7 Å². The van der Waals surface area contributed by atoms with E-state index in [0.717, 1.165) is 0 Å². The van der Waals surface area contributed by atoms with Gasteiger partial charge in [0, 0.05) is 37.7 Å². The van der Waals surface area contributed by atoms with Crippen LogP contribution in [0, 0.1) is 5.82 Å². The molecule has 1 fully saturated rings. The number of hydrogen-bond donors (Lipinski definition) is 0. The average molecular weight is 456 g/mol. The molecule has 0 aliphatic carbocycles. The maximum atomic E-state index is 13.3. The van der Waals surface area contributed by atoms with Gasteiger partial charge in [-0.15, -0.1) is 0 Å². The zero-order valence-electron chi connectivity index (χ0n) is 18.1. The fourth-order valence-electron chi connectivity index (χ4n) is 3.77. The molecule has 2 amide bonds. The molecular weight excluding hydrogens is 431 g/mol. The summed E-state index contributed by atoms with van der Waals surface area (Å²) in [6.45, 7) is 2.22. The number of fused-ring (bicyclic) bond motifs is 1. The van der Waals surface area contributed by atoms with E-state index < -0.39 is 5.82 Å². The molecule has 0 aromatic heterocycles. The second-order valence-corrected chi connectivity index (χ2v) is 7.78. The van der Waals surface area contributed by atoms with Crippen molar-refractivity contribution < 1.29 is 33.0 Å². The number of amides is 2. The minimum Gasteiger partial charge on any atom is -0.485 e. The predicted molar refractivity (Wildman–Crippen MR) is 117 cm³/mol. The number of ether oxygens (including phenoxy) is 3. The maximum Gasteiger partial charge on any atom is 0.265 e. The van der Waals surface area contributed by atoms with E-state index in [4.69, 9.17) is 14.2 Å². The number of benzene rings is 2. The van der Waals surface area contributed by atoms with Crippen LogP contribution in [0.4, 0.5) is 10.1 Å². The number of Topliss-reactive ketones (excluding diaryl/α,β-unsaturated/α-hetero) is 1. The van der Waals surface area contributed by atoms with Gasteiger partial charge in [-0.1, -0.05) is 6.07 Å². The van der Waals surface area contributed by atoms with Crippen molar-refractivity contribution in [2.24, 2.45) is 0 Å². The van der Waals surface area contributed by atoms with Gasteiger partial charge in [-0.25, -0.2) is 4.39 Å². The van der Waals surface area contributed by atoms with E-state index in [2.05, 4.69) is 0 Å². The highest BCUT2D eigenvalue weighted by Gasteiger charge is 2.27. The standard InChI is InChI=1S/C24H25FN2O6/c25-18-3-1-4-19(14-18)32-15-21(28)17-6-7-22-20(13-17)27(24(30)16-33-22)8-2-5-23(29)26-9-11-31-12-10-26/h1,3-4,6-7,13-14H,2,5,8-12,15-16H2. The Morgan fingerprint density at radius 1 is 1.09 bits per heavy atom. The summed E-state index contributed by atoms with van der Waals surface area (Å²) in [5.74, 6) is -0.211. The molecule has 0 bridgehead atoms. The fourth-order valence-corrected chi connectivity index (χ4v) is 3.77. The lowest BCUT2D eigenvalue weighted by Gasteiger charge is -2.30. The van der Waals surface area contributed by atoms with Crippen LogP contribution < -0.4 is 14.4 Å². The van der Waals surface area contributed by atoms with Crippen LogP contribution in [-0.4, -0.2) is 68.6 Å². The highest BCUT2D eigenvalue weighted by atomic mass is 19.1. The number of ketones is 1. The Kier molecular flexibility index (Phi) is 7.19. The molecule has 2 aliphatic heterocycles. The zero-order chi connectivity index (χ0) is 23.2. The number of hydrogen-bond acceptors (Lipinski definition) is 6. The van der Waals surface area contributed by atoms with E-state index in [-0.39, 0.29) is 36.6 Å².